The minimum atomic E-state index is -3.60. The molecule has 7 nitrogen and oxygen atoms in total. The van der Waals surface area contributed by atoms with Gasteiger partial charge < -0.3 is 10.2 Å². The van der Waals surface area contributed by atoms with E-state index < -0.39 is 16.1 Å². The fourth-order valence-corrected chi connectivity index (χ4v) is 5.49. The van der Waals surface area contributed by atoms with E-state index >= 15 is 0 Å². The summed E-state index contributed by atoms with van der Waals surface area (Å²) in [5, 5.41) is 3.39. The third-order valence-electron chi connectivity index (χ3n) is 6.15. The fraction of sp³-hybridized carbons (Fsp3) is 0.333. The first-order chi connectivity index (χ1) is 18.5. The minimum Gasteiger partial charge on any atom is -0.352 e. The summed E-state index contributed by atoms with van der Waals surface area (Å²) in [5.41, 5.74) is 2.28. The topological polar surface area (TPSA) is 86.8 Å². The van der Waals surface area contributed by atoms with Crippen LogP contribution in [0.15, 0.2) is 84.9 Å². The Bertz CT molecular complexity index is 1330. The van der Waals surface area contributed by atoms with Gasteiger partial charge in [-0.1, -0.05) is 78.3 Å². The van der Waals surface area contributed by atoms with Crippen LogP contribution in [0.4, 0.5) is 5.69 Å². The molecule has 1 N–H and O–H groups in total. The lowest BCUT2D eigenvalue weighted by Gasteiger charge is -2.32. The van der Waals surface area contributed by atoms with Crippen LogP contribution < -0.4 is 9.62 Å². The Labute approximate surface area is 236 Å². The highest BCUT2D eigenvalue weighted by molar-refractivity contribution is 7.92. The second kappa shape index (κ2) is 14.1. The summed E-state index contributed by atoms with van der Waals surface area (Å²) < 4.78 is 26.3. The lowest BCUT2D eigenvalue weighted by atomic mass is 10.0. The lowest BCUT2D eigenvalue weighted by Crippen LogP contribution is -2.51. The normalized spacial score (nSPS) is 12.1. The van der Waals surface area contributed by atoms with Crippen LogP contribution in [0.2, 0.25) is 5.02 Å². The second-order valence-corrected chi connectivity index (χ2v) is 12.1. The average Bonchev–Trinajstić information content (AvgIpc) is 2.88. The van der Waals surface area contributed by atoms with Gasteiger partial charge in [0.2, 0.25) is 21.8 Å². The third kappa shape index (κ3) is 9.41. The number of anilines is 1. The molecule has 39 heavy (non-hydrogen) atoms. The number of hydrogen-bond donors (Lipinski definition) is 1. The number of benzene rings is 3. The number of nitrogens with one attached hydrogen (secondary N) is 1. The maximum atomic E-state index is 13.7. The predicted molar refractivity (Wildman–Crippen MR) is 157 cm³/mol. The molecule has 0 radical (unpaired) electrons. The molecule has 3 aromatic rings. The van der Waals surface area contributed by atoms with Crippen LogP contribution >= 0.6 is 11.6 Å². The van der Waals surface area contributed by atoms with Gasteiger partial charge in [0.1, 0.15) is 6.04 Å². The van der Waals surface area contributed by atoms with Crippen molar-refractivity contribution in [2.24, 2.45) is 0 Å². The predicted octanol–water partition coefficient (Wildman–Crippen LogP) is 5.05. The van der Waals surface area contributed by atoms with Gasteiger partial charge in [0.15, 0.2) is 0 Å². The van der Waals surface area contributed by atoms with Crippen LogP contribution in [0.25, 0.3) is 0 Å². The molecule has 0 fully saturated rings. The first-order valence-electron chi connectivity index (χ1n) is 13.0. The van der Waals surface area contributed by atoms with E-state index in [-0.39, 0.29) is 43.8 Å². The molecule has 0 aliphatic carbocycles. The third-order valence-corrected chi connectivity index (χ3v) is 7.58. The lowest BCUT2D eigenvalue weighted by molar-refractivity contribution is -0.141. The summed E-state index contributed by atoms with van der Waals surface area (Å²) >= 11 is 6.09. The summed E-state index contributed by atoms with van der Waals surface area (Å²) in [4.78, 5) is 28.8. The smallest absolute Gasteiger partial charge is 0.243 e. The summed E-state index contributed by atoms with van der Waals surface area (Å²) in [5.74, 6) is -0.451. The van der Waals surface area contributed by atoms with Crippen molar-refractivity contribution in [1.82, 2.24) is 10.2 Å². The monoisotopic (exact) mass is 569 g/mol. The maximum absolute atomic E-state index is 13.7. The number of halogens is 1. The largest absolute Gasteiger partial charge is 0.352 e. The molecule has 0 aliphatic heterocycles. The molecule has 3 aromatic carbocycles. The summed E-state index contributed by atoms with van der Waals surface area (Å²) in [6, 6.07) is 24.9. The van der Waals surface area contributed by atoms with Gasteiger partial charge in [-0.05, 0) is 49.6 Å². The van der Waals surface area contributed by atoms with Gasteiger partial charge in [0.05, 0.1) is 11.9 Å². The number of nitrogens with zero attached hydrogens (tertiary/aromatic N) is 2. The average molecular weight is 570 g/mol. The van der Waals surface area contributed by atoms with Crippen molar-refractivity contribution in [3.8, 4) is 0 Å². The molecule has 0 aliphatic rings. The van der Waals surface area contributed by atoms with Crippen LogP contribution in [-0.4, -0.2) is 50.0 Å². The van der Waals surface area contributed by atoms with Crippen molar-refractivity contribution in [3.05, 3.63) is 101 Å². The fourth-order valence-electron chi connectivity index (χ4n) is 4.35. The van der Waals surface area contributed by atoms with Crippen molar-refractivity contribution in [2.45, 2.75) is 51.7 Å². The van der Waals surface area contributed by atoms with Crippen molar-refractivity contribution < 1.29 is 18.0 Å². The van der Waals surface area contributed by atoms with E-state index in [4.69, 9.17) is 11.6 Å². The molecule has 1 unspecified atom stereocenters. The highest BCUT2D eigenvalue weighted by Gasteiger charge is 2.30. The van der Waals surface area contributed by atoms with Crippen molar-refractivity contribution in [2.75, 3.05) is 17.1 Å². The summed E-state index contributed by atoms with van der Waals surface area (Å²) in [6.07, 6.45) is 1.83. The number of carbonyl (C=O) groups is 2. The SMILES string of the molecule is CC(C)NC(=O)C(Cc1ccccc1)N(Cc1ccccc1)C(=O)CCCN(c1cccc(Cl)c1)S(C)(=O)=O. The van der Waals surface area contributed by atoms with Gasteiger partial charge >= 0.3 is 0 Å². The van der Waals surface area contributed by atoms with Gasteiger partial charge in [-0.3, -0.25) is 13.9 Å². The van der Waals surface area contributed by atoms with Gasteiger partial charge in [0.25, 0.3) is 0 Å². The van der Waals surface area contributed by atoms with E-state index in [1.165, 1.54) is 4.31 Å². The Kier molecular flexibility index (Phi) is 10.9. The Morgan fingerprint density at radius 2 is 1.51 bits per heavy atom. The molecule has 9 heteroatoms. The molecule has 3 rings (SSSR count). The summed E-state index contributed by atoms with van der Waals surface area (Å²) in [6.45, 7) is 4.13. The van der Waals surface area contributed by atoms with E-state index in [0.717, 1.165) is 17.4 Å². The number of carbonyl (C=O) groups excluding carboxylic acids is 2. The van der Waals surface area contributed by atoms with E-state index in [1.807, 2.05) is 74.5 Å². The molecule has 0 saturated carbocycles. The Balaban J connectivity index is 1.86. The standard InChI is InChI=1S/C30H36ClN3O4S/c1-23(2)32-30(36)28(20-24-12-6-4-7-13-24)33(22-25-14-8-5-9-15-25)29(35)18-11-19-34(39(3,37)38)27-17-10-16-26(31)21-27/h4-10,12-17,21,23,28H,11,18-20,22H2,1-3H3,(H,32,36). The highest BCUT2D eigenvalue weighted by atomic mass is 35.5. The molecule has 1 atom stereocenters. The zero-order valence-electron chi connectivity index (χ0n) is 22.6. The molecule has 2 amide bonds. The second-order valence-electron chi connectivity index (χ2n) is 9.79. The summed E-state index contributed by atoms with van der Waals surface area (Å²) in [7, 11) is -3.60. The molecule has 0 bridgehead atoms. The Morgan fingerprint density at radius 3 is 2.08 bits per heavy atom. The van der Waals surface area contributed by atoms with Crippen LogP contribution in [0.5, 0.6) is 0 Å². The Morgan fingerprint density at radius 1 is 0.897 bits per heavy atom. The van der Waals surface area contributed by atoms with E-state index in [0.29, 0.717) is 17.1 Å². The van der Waals surface area contributed by atoms with E-state index in [9.17, 15) is 18.0 Å². The zero-order chi connectivity index (χ0) is 28.4. The van der Waals surface area contributed by atoms with Crippen LogP contribution in [0.1, 0.15) is 37.8 Å². The zero-order valence-corrected chi connectivity index (χ0v) is 24.2. The quantitative estimate of drug-likeness (QED) is 0.312. The van der Waals surface area contributed by atoms with Gasteiger partial charge in [-0.2, -0.15) is 0 Å². The molecule has 0 heterocycles. The van der Waals surface area contributed by atoms with Gasteiger partial charge in [0, 0.05) is 37.0 Å². The van der Waals surface area contributed by atoms with Crippen molar-refractivity contribution >= 4 is 39.1 Å². The Hall–Kier alpha value is -3.36. The number of sulfonamides is 1. The molecule has 208 valence electrons. The molecule has 0 aromatic heterocycles. The molecular weight excluding hydrogens is 534 g/mol. The van der Waals surface area contributed by atoms with Crippen LogP contribution in [-0.2, 0) is 32.6 Å². The molecular formula is C30H36ClN3O4S. The van der Waals surface area contributed by atoms with E-state index in [2.05, 4.69) is 5.32 Å². The first kappa shape index (κ1) is 30.2. The highest BCUT2D eigenvalue weighted by Crippen LogP contribution is 2.23. The van der Waals surface area contributed by atoms with Crippen molar-refractivity contribution in [1.29, 1.82) is 0 Å². The molecule has 0 spiro atoms. The van der Waals surface area contributed by atoms with E-state index in [1.54, 1.807) is 29.2 Å². The number of amides is 2. The minimum absolute atomic E-state index is 0.0691. The number of hydrogen-bond acceptors (Lipinski definition) is 4. The van der Waals surface area contributed by atoms with Gasteiger partial charge in [-0.25, -0.2) is 8.42 Å². The van der Waals surface area contributed by atoms with Crippen molar-refractivity contribution in [3.63, 3.8) is 0 Å². The van der Waals surface area contributed by atoms with Crippen LogP contribution in [0.3, 0.4) is 0 Å². The van der Waals surface area contributed by atoms with Crippen LogP contribution in [0, 0.1) is 0 Å². The number of rotatable bonds is 13. The molecule has 0 saturated heterocycles. The van der Waals surface area contributed by atoms with Gasteiger partial charge in [-0.15, -0.1) is 0 Å². The maximum Gasteiger partial charge on any atom is 0.243 e. The first-order valence-corrected chi connectivity index (χ1v) is 15.2.